The Kier molecular flexibility index (Phi) is 2.96. The zero-order valence-corrected chi connectivity index (χ0v) is 10.0. The molecule has 1 aliphatic heterocycles. The van der Waals surface area contributed by atoms with Gasteiger partial charge in [0.2, 0.25) is 5.95 Å². The predicted octanol–water partition coefficient (Wildman–Crippen LogP) is 1.13. The number of rotatable bonds is 3. The fourth-order valence-corrected chi connectivity index (χ4v) is 1.71. The lowest BCUT2D eigenvalue weighted by molar-refractivity contribution is 0.185. The highest BCUT2D eigenvalue weighted by atomic mass is 16.5. The smallest absolute Gasteiger partial charge is 0.226 e. The first kappa shape index (κ1) is 11.1. The van der Waals surface area contributed by atoms with Crippen molar-refractivity contribution in [3.8, 4) is 0 Å². The third-order valence-electron chi connectivity index (χ3n) is 2.69. The maximum absolute atomic E-state index is 5.39. The minimum Gasteiger partial charge on any atom is -0.379 e. The lowest BCUT2D eigenvalue weighted by Gasteiger charge is -2.24. The highest BCUT2D eigenvalue weighted by Crippen LogP contribution is 2.23. The molecule has 0 spiro atoms. The molecule has 1 aromatic heterocycles. The monoisotopic (exact) mass is 222 g/mol. The number of aromatic nitrogens is 2. The van der Waals surface area contributed by atoms with Gasteiger partial charge in [-0.1, -0.05) is 0 Å². The van der Waals surface area contributed by atoms with Gasteiger partial charge in [-0.3, -0.25) is 0 Å². The molecule has 1 unspecified atom stereocenters. The van der Waals surface area contributed by atoms with E-state index in [-0.39, 0.29) is 5.54 Å². The second-order valence-corrected chi connectivity index (χ2v) is 4.62. The Morgan fingerprint density at radius 1 is 1.50 bits per heavy atom. The molecular formula is C11H18N4O. The predicted molar refractivity (Wildman–Crippen MR) is 63.8 cm³/mol. The summed E-state index contributed by atoms with van der Waals surface area (Å²) in [6, 6.07) is 1.89. The first-order chi connectivity index (χ1) is 7.59. The van der Waals surface area contributed by atoms with Crippen LogP contribution in [-0.4, -0.2) is 42.8 Å². The molecule has 1 saturated heterocycles. The molecule has 1 aromatic rings. The van der Waals surface area contributed by atoms with Gasteiger partial charge in [0.25, 0.3) is 0 Å². The number of anilines is 2. The van der Waals surface area contributed by atoms with Gasteiger partial charge in [0.1, 0.15) is 5.82 Å². The van der Waals surface area contributed by atoms with Crippen LogP contribution in [0, 0.1) is 0 Å². The molecular weight excluding hydrogens is 204 g/mol. The average Bonchev–Trinajstić information content (AvgIpc) is 2.65. The molecule has 16 heavy (non-hydrogen) atoms. The maximum atomic E-state index is 5.39. The molecule has 0 radical (unpaired) electrons. The van der Waals surface area contributed by atoms with Crippen LogP contribution < -0.4 is 10.2 Å². The van der Waals surface area contributed by atoms with E-state index in [1.54, 1.807) is 6.20 Å². The van der Waals surface area contributed by atoms with Crippen LogP contribution in [0.25, 0.3) is 0 Å². The summed E-state index contributed by atoms with van der Waals surface area (Å²) in [5.74, 6) is 1.57. The minimum atomic E-state index is -0.00205. The van der Waals surface area contributed by atoms with Crippen LogP contribution in [0.2, 0.25) is 0 Å². The first-order valence-electron chi connectivity index (χ1n) is 5.45. The largest absolute Gasteiger partial charge is 0.379 e. The van der Waals surface area contributed by atoms with Crippen LogP contribution in [0.3, 0.4) is 0 Å². The summed E-state index contributed by atoms with van der Waals surface area (Å²) in [6.07, 6.45) is 2.78. The van der Waals surface area contributed by atoms with E-state index in [4.69, 9.17) is 4.74 Å². The number of hydrogen-bond donors (Lipinski definition) is 1. The van der Waals surface area contributed by atoms with Crippen molar-refractivity contribution in [2.75, 3.05) is 37.5 Å². The molecule has 2 rings (SSSR count). The van der Waals surface area contributed by atoms with E-state index in [9.17, 15) is 0 Å². The quantitative estimate of drug-likeness (QED) is 0.831. The van der Waals surface area contributed by atoms with Gasteiger partial charge < -0.3 is 15.0 Å². The molecule has 5 nitrogen and oxygen atoms in total. The summed E-state index contributed by atoms with van der Waals surface area (Å²) in [5, 5.41) is 3.41. The van der Waals surface area contributed by atoms with Gasteiger partial charge >= 0.3 is 0 Å². The van der Waals surface area contributed by atoms with Gasteiger partial charge in [0, 0.05) is 26.9 Å². The molecule has 0 amide bonds. The summed E-state index contributed by atoms with van der Waals surface area (Å²) in [7, 11) is 3.86. The molecule has 88 valence electrons. The van der Waals surface area contributed by atoms with Crippen molar-refractivity contribution in [1.82, 2.24) is 9.97 Å². The van der Waals surface area contributed by atoms with Crippen molar-refractivity contribution in [3.05, 3.63) is 12.3 Å². The van der Waals surface area contributed by atoms with Crippen LogP contribution in [0.1, 0.15) is 13.3 Å². The Morgan fingerprint density at radius 2 is 2.31 bits per heavy atom. The van der Waals surface area contributed by atoms with Crippen molar-refractivity contribution in [1.29, 1.82) is 0 Å². The van der Waals surface area contributed by atoms with Crippen molar-refractivity contribution in [2.45, 2.75) is 18.9 Å². The van der Waals surface area contributed by atoms with Gasteiger partial charge in [-0.2, -0.15) is 4.98 Å². The molecule has 1 fully saturated rings. The van der Waals surface area contributed by atoms with Crippen molar-refractivity contribution in [3.63, 3.8) is 0 Å². The fraction of sp³-hybridized carbons (Fsp3) is 0.636. The number of nitrogens with one attached hydrogen (secondary N) is 1. The van der Waals surface area contributed by atoms with E-state index >= 15 is 0 Å². The zero-order chi connectivity index (χ0) is 11.6. The molecule has 0 aromatic carbocycles. The van der Waals surface area contributed by atoms with E-state index in [2.05, 4.69) is 22.2 Å². The second kappa shape index (κ2) is 4.25. The van der Waals surface area contributed by atoms with Crippen molar-refractivity contribution in [2.24, 2.45) is 0 Å². The first-order valence-corrected chi connectivity index (χ1v) is 5.45. The Hall–Kier alpha value is -1.36. The van der Waals surface area contributed by atoms with Crippen LogP contribution in [0.15, 0.2) is 12.3 Å². The van der Waals surface area contributed by atoms with Crippen LogP contribution in [-0.2, 0) is 4.74 Å². The number of nitrogens with zero attached hydrogens (tertiary/aromatic N) is 3. The lowest BCUT2D eigenvalue weighted by Crippen LogP contribution is -2.35. The van der Waals surface area contributed by atoms with Crippen LogP contribution in [0.4, 0.5) is 11.8 Å². The van der Waals surface area contributed by atoms with Crippen LogP contribution >= 0.6 is 0 Å². The maximum Gasteiger partial charge on any atom is 0.226 e. The highest BCUT2D eigenvalue weighted by Gasteiger charge is 2.29. The number of ether oxygens (including phenoxy) is 1. The molecule has 1 N–H and O–H groups in total. The Balaban J connectivity index is 2.12. The third kappa shape index (κ3) is 2.41. The van der Waals surface area contributed by atoms with Gasteiger partial charge in [-0.25, -0.2) is 4.98 Å². The van der Waals surface area contributed by atoms with Gasteiger partial charge in [0.05, 0.1) is 12.1 Å². The van der Waals surface area contributed by atoms with E-state index in [0.29, 0.717) is 5.95 Å². The fourth-order valence-electron chi connectivity index (χ4n) is 1.71. The lowest BCUT2D eigenvalue weighted by atomic mass is 10.0. The molecule has 2 heterocycles. The Bertz CT molecular complexity index is 361. The van der Waals surface area contributed by atoms with Crippen molar-refractivity contribution >= 4 is 11.8 Å². The Morgan fingerprint density at radius 3 is 2.94 bits per heavy atom. The summed E-state index contributed by atoms with van der Waals surface area (Å²) >= 11 is 0. The number of hydrogen-bond acceptors (Lipinski definition) is 5. The molecule has 0 aliphatic carbocycles. The summed E-state index contributed by atoms with van der Waals surface area (Å²) in [5.41, 5.74) is -0.00205. The minimum absolute atomic E-state index is 0.00205. The van der Waals surface area contributed by atoms with Gasteiger partial charge in [-0.15, -0.1) is 0 Å². The van der Waals surface area contributed by atoms with Crippen LogP contribution in [0.5, 0.6) is 0 Å². The second-order valence-electron chi connectivity index (χ2n) is 4.62. The highest BCUT2D eigenvalue weighted by molar-refractivity contribution is 5.42. The topological polar surface area (TPSA) is 50.3 Å². The SMILES string of the molecule is CN(C)c1nccc(NC2(C)CCOC2)n1. The summed E-state index contributed by atoms with van der Waals surface area (Å²) < 4.78 is 5.39. The van der Waals surface area contributed by atoms with E-state index in [1.807, 2.05) is 25.1 Å². The van der Waals surface area contributed by atoms with E-state index in [0.717, 1.165) is 25.5 Å². The molecule has 0 bridgehead atoms. The standard InChI is InChI=1S/C11H18N4O/c1-11(5-7-16-8-11)14-9-4-6-12-10(13-9)15(2)3/h4,6H,5,7-8H2,1-3H3,(H,12,13,14). The summed E-state index contributed by atoms with van der Waals surface area (Å²) in [4.78, 5) is 10.5. The summed E-state index contributed by atoms with van der Waals surface area (Å²) in [6.45, 7) is 3.70. The van der Waals surface area contributed by atoms with E-state index in [1.165, 1.54) is 0 Å². The normalized spacial score (nSPS) is 24.4. The molecule has 1 atom stereocenters. The van der Waals surface area contributed by atoms with Crippen molar-refractivity contribution < 1.29 is 4.74 Å². The zero-order valence-electron chi connectivity index (χ0n) is 10.0. The molecule has 1 aliphatic rings. The third-order valence-corrected chi connectivity index (χ3v) is 2.69. The Labute approximate surface area is 95.8 Å². The average molecular weight is 222 g/mol. The van der Waals surface area contributed by atoms with Gasteiger partial charge in [-0.05, 0) is 19.4 Å². The van der Waals surface area contributed by atoms with E-state index < -0.39 is 0 Å². The molecule has 5 heteroatoms. The van der Waals surface area contributed by atoms with Gasteiger partial charge in [0.15, 0.2) is 0 Å². The molecule has 0 saturated carbocycles.